The lowest BCUT2D eigenvalue weighted by Gasteiger charge is -2.35. The number of hydrogen-bond acceptors (Lipinski definition) is 2. The first-order valence-electron chi connectivity index (χ1n) is 10.2. The summed E-state index contributed by atoms with van der Waals surface area (Å²) in [6.45, 7) is 8.37. The van der Waals surface area contributed by atoms with Gasteiger partial charge in [0.1, 0.15) is 0 Å². The van der Waals surface area contributed by atoms with Crippen LogP contribution in [0.15, 0.2) is 29.3 Å². The van der Waals surface area contributed by atoms with Crippen LogP contribution >= 0.6 is 0 Å². The number of nitrogens with zero attached hydrogens (tertiary/aromatic N) is 2. The fraction of sp³-hybridized carbons (Fsp3) is 0.636. The molecule has 0 radical (unpaired) electrons. The van der Waals surface area contributed by atoms with Gasteiger partial charge >= 0.3 is 0 Å². The Bertz CT molecular complexity index is 641. The summed E-state index contributed by atoms with van der Waals surface area (Å²) in [5.41, 5.74) is 2.35. The molecule has 1 amide bonds. The summed E-state index contributed by atoms with van der Waals surface area (Å²) in [4.78, 5) is 18.5. The van der Waals surface area contributed by atoms with E-state index in [0.29, 0.717) is 18.0 Å². The summed E-state index contributed by atoms with van der Waals surface area (Å²) >= 11 is 0. The third-order valence-electron chi connectivity index (χ3n) is 5.27. The van der Waals surface area contributed by atoms with Crippen LogP contribution in [-0.4, -0.2) is 50.0 Å². The third kappa shape index (κ3) is 6.89. The van der Waals surface area contributed by atoms with Crippen molar-refractivity contribution in [1.82, 2.24) is 15.5 Å². The van der Waals surface area contributed by atoms with Crippen LogP contribution in [0.2, 0.25) is 0 Å². The molecule has 0 spiro atoms. The molecule has 2 N–H and O–H groups in total. The second-order valence-corrected chi connectivity index (χ2v) is 8.49. The molecule has 0 saturated heterocycles. The predicted octanol–water partition coefficient (Wildman–Crippen LogP) is 3.45. The molecule has 5 heteroatoms. The minimum absolute atomic E-state index is 0.0376. The average Bonchev–Trinajstić information content (AvgIpc) is 2.63. The predicted molar refractivity (Wildman–Crippen MR) is 113 cm³/mol. The summed E-state index contributed by atoms with van der Waals surface area (Å²) in [6, 6.07) is 8.36. The molecule has 0 unspecified atom stereocenters. The molecule has 1 fully saturated rings. The molecule has 2 rings (SSSR count). The Morgan fingerprint density at radius 3 is 2.59 bits per heavy atom. The van der Waals surface area contributed by atoms with Gasteiger partial charge in [-0.1, -0.05) is 26.0 Å². The van der Waals surface area contributed by atoms with E-state index in [0.717, 1.165) is 30.1 Å². The van der Waals surface area contributed by atoms with Gasteiger partial charge in [0.25, 0.3) is 5.91 Å². The van der Waals surface area contributed by atoms with E-state index in [9.17, 15) is 4.79 Å². The van der Waals surface area contributed by atoms with Crippen molar-refractivity contribution in [2.24, 2.45) is 10.4 Å². The van der Waals surface area contributed by atoms with Gasteiger partial charge in [-0.05, 0) is 62.1 Å². The van der Waals surface area contributed by atoms with E-state index >= 15 is 0 Å². The molecule has 1 saturated carbocycles. The number of aliphatic imine (C=N–C) groups is 1. The molecule has 1 aliphatic carbocycles. The first-order chi connectivity index (χ1) is 12.8. The summed E-state index contributed by atoms with van der Waals surface area (Å²) in [7, 11) is 3.56. The fourth-order valence-corrected chi connectivity index (χ4v) is 3.47. The van der Waals surface area contributed by atoms with Gasteiger partial charge in [-0.2, -0.15) is 0 Å². The van der Waals surface area contributed by atoms with Gasteiger partial charge < -0.3 is 15.5 Å². The van der Waals surface area contributed by atoms with Crippen molar-refractivity contribution in [3.05, 3.63) is 35.4 Å². The van der Waals surface area contributed by atoms with Gasteiger partial charge in [0.2, 0.25) is 0 Å². The van der Waals surface area contributed by atoms with Crippen molar-refractivity contribution in [3.8, 4) is 0 Å². The molecule has 0 heterocycles. The SMILES string of the molecule is CCNC(=NCCc1cccc(C(=O)N(C)C)c1)NC1CCC(C)(C)CC1. The summed E-state index contributed by atoms with van der Waals surface area (Å²) in [5, 5.41) is 6.96. The lowest BCUT2D eigenvalue weighted by Crippen LogP contribution is -2.45. The van der Waals surface area contributed by atoms with Crippen molar-refractivity contribution < 1.29 is 4.79 Å². The normalized spacial score (nSPS) is 17.4. The second kappa shape index (κ2) is 9.77. The monoisotopic (exact) mass is 372 g/mol. The Hall–Kier alpha value is -2.04. The smallest absolute Gasteiger partial charge is 0.253 e. The Balaban J connectivity index is 1.91. The van der Waals surface area contributed by atoms with Crippen LogP contribution in [0, 0.1) is 5.41 Å². The Morgan fingerprint density at radius 1 is 1.26 bits per heavy atom. The van der Waals surface area contributed by atoms with E-state index < -0.39 is 0 Å². The minimum atomic E-state index is 0.0376. The number of nitrogens with one attached hydrogen (secondary N) is 2. The first kappa shape index (κ1) is 21.3. The lowest BCUT2D eigenvalue weighted by atomic mass is 9.75. The molecule has 150 valence electrons. The summed E-state index contributed by atoms with van der Waals surface area (Å²) in [6.07, 6.45) is 5.74. The van der Waals surface area contributed by atoms with Gasteiger partial charge in [0.05, 0.1) is 0 Å². The van der Waals surface area contributed by atoms with E-state index in [2.05, 4.69) is 37.5 Å². The van der Waals surface area contributed by atoms with Gasteiger partial charge in [-0.3, -0.25) is 9.79 Å². The molecule has 5 nitrogen and oxygen atoms in total. The fourth-order valence-electron chi connectivity index (χ4n) is 3.47. The largest absolute Gasteiger partial charge is 0.357 e. The Kier molecular flexibility index (Phi) is 7.69. The standard InChI is InChI=1S/C22H36N4O/c1-6-23-21(25-19-10-13-22(2,3)14-11-19)24-15-12-17-8-7-9-18(16-17)20(27)26(4)5/h7-9,16,19H,6,10-15H2,1-5H3,(H2,23,24,25). The zero-order valence-electron chi connectivity index (χ0n) is 17.6. The van der Waals surface area contributed by atoms with Crippen LogP contribution in [0.4, 0.5) is 0 Å². The summed E-state index contributed by atoms with van der Waals surface area (Å²) in [5.74, 6) is 0.943. The van der Waals surface area contributed by atoms with Crippen LogP contribution in [-0.2, 0) is 6.42 Å². The number of carbonyl (C=O) groups excluding carboxylic acids is 1. The average molecular weight is 373 g/mol. The van der Waals surface area contributed by atoms with Crippen LogP contribution in [0.25, 0.3) is 0 Å². The number of rotatable bonds is 6. The van der Waals surface area contributed by atoms with E-state index in [-0.39, 0.29) is 5.91 Å². The number of amides is 1. The maximum Gasteiger partial charge on any atom is 0.253 e. The van der Waals surface area contributed by atoms with Crippen molar-refractivity contribution in [2.75, 3.05) is 27.2 Å². The van der Waals surface area contributed by atoms with E-state index in [1.54, 1.807) is 19.0 Å². The topological polar surface area (TPSA) is 56.7 Å². The number of hydrogen-bond donors (Lipinski definition) is 2. The van der Waals surface area contributed by atoms with Crippen molar-refractivity contribution in [2.45, 2.75) is 58.9 Å². The van der Waals surface area contributed by atoms with E-state index in [4.69, 9.17) is 4.99 Å². The van der Waals surface area contributed by atoms with Crippen LogP contribution in [0.5, 0.6) is 0 Å². The van der Waals surface area contributed by atoms with Gasteiger partial charge in [-0.25, -0.2) is 0 Å². The molecule has 0 bridgehead atoms. The summed E-state index contributed by atoms with van der Waals surface area (Å²) < 4.78 is 0. The van der Waals surface area contributed by atoms with Crippen LogP contribution in [0.1, 0.15) is 62.4 Å². The molecule has 27 heavy (non-hydrogen) atoms. The maximum absolute atomic E-state index is 12.1. The highest BCUT2D eigenvalue weighted by Gasteiger charge is 2.27. The molecule has 0 aliphatic heterocycles. The number of carbonyl (C=O) groups is 1. The molecule has 1 aromatic rings. The molecule has 0 atom stereocenters. The molecular formula is C22H36N4O. The Labute approximate surface area is 164 Å². The van der Waals surface area contributed by atoms with Crippen molar-refractivity contribution in [1.29, 1.82) is 0 Å². The highest BCUT2D eigenvalue weighted by Crippen LogP contribution is 2.34. The first-order valence-corrected chi connectivity index (χ1v) is 10.2. The molecular weight excluding hydrogens is 336 g/mol. The van der Waals surface area contributed by atoms with Crippen molar-refractivity contribution >= 4 is 11.9 Å². The maximum atomic E-state index is 12.1. The zero-order chi connectivity index (χ0) is 19.9. The van der Waals surface area contributed by atoms with Crippen LogP contribution in [0.3, 0.4) is 0 Å². The molecule has 0 aromatic heterocycles. The lowest BCUT2D eigenvalue weighted by molar-refractivity contribution is 0.0827. The molecule has 1 aliphatic rings. The van der Waals surface area contributed by atoms with Gasteiger partial charge in [0.15, 0.2) is 5.96 Å². The van der Waals surface area contributed by atoms with Crippen molar-refractivity contribution in [3.63, 3.8) is 0 Å². The molecule has 1 aromatic carbocycles. The highest BCUT2D eigenvalue weighted by molar-refractivity contribution is 5.94. The number of benzene rings is 1. The highest BCUT2D eigenvalue weighted by atomic mass is 16.2. The van der Waals surface area contributed by atoms with Crippen LogP contribution < -0.4 is 10.6 Å². The van der Waals surface area contributed by atoms with Gasteiger partial charge in [0, 0.05) is 38.8 Å². The Morgan fingerprint density at radius 2 is 1.96 bits per heavy atom. The van der Waals surface area contributed by atoms with E-state index in [1.165, 1.54) is 25.7 Å². The second-order valence-electron chi connectivity index (χ2n) is 8.49. The minimum Gasteiger partial charge on any atom is -0.357 e. The zero-order valence-corrected chi connectivity index (χ0v) is 17.6. The van der Waals surface area contributed by atoms with Gasteiger partial charge in [-0.15, -0.1) is 0 Å². The number of guanidine groups is 1. The third-order valence-corrected chi connectivity index (χ3v) is 5.27. The van der Waals surface area contributed by atoms with E-state index in [1.807, 2.05) is 18.2 Å². The quantitative estimate of drug-likeness (QED) is 0.594.